The summed E-state index contributed by atoms with van der Waals surface area (Å²) < 4.78 is 0. The Bertz CT molecular complexity index is 514. The van der Waals surface area contributed by atoms with Crippen molar-refractivity contribution >= 4 is 18.7 Å². The summed E-state index contributed by atoms with van der Waals surface area (Å²) in [6.07, 6.45) is 1.86. The van der Waals surface area contributed by atoms with E-state index < -0.39 is 8.32 Å². The fourth-order valence-electron chi connectivity index (χ4n) is 3.03. The van der Waals surface area contributed by atoms with Crippen molar-refractivity contribution in [3.05, 3.63) is 60.7 Å². The lowest BCUT2D eigenvalue weighted by molar-refractivity contribution is 0.459. The molecular weight excluding hydrogens is 274 g/mol. The van der Waals surface area contributed by atoms with Crippen molar-refractivity contribution in [2.24, 2.45) is 5.73 Å². The van der Waals surface area contributed by atoms with Gasteiger partial charge in [-0.05, 0) is 34.8 Å². The molecule has 0 unspecified atom stereocenters. The molecule has 21 heavy (non-hydrogen) atoms. The molecule has 2 aromatic rings. The van der Waals surface area contributed by atoms with Crippen molar-refractivity contribution in [2.75, 3.05) is 6.54 Å². The van der Waals surface area contributed by atoms with Gasteiger partial charge in [0.2, 0.25) is 0 Å². The zero-order chi connectivity index (χ0) is 15.3. The van der Waals surface area contributed by atoms with E-state index in [1.165, 1.54) is 0 Å². The predicted molar refractivity (Wildman–Crippen MR) is 92.5 cm³/mol. The van der Waals surface area contributed by atoms with Gasteiger partial charge >= 0.3 is 0 Å². The molecule has 3 N–H and O–H groups in total. The molecule has 0 aliphatic rings. The summed E-state index contributed by atoms with van der Waals surface area (Å²) >= 11 is 0. The standard InChI is InChI=1S/C18H25NOSi/c1-18(2,14-9-15-19)21(20,16-10-5-3-6-11-16)17-12-7-4-8-13-17/h3-8,10-13,20H,9,14-15,19H2,1-2H3. The number of rotatable bonds is 6. The van der Waals surface area contributed by atoms with Gasteiger partial charge in [0.25, 0.3) is 8.32 Å². The molecule has 0 radical (unpaired) electrons. The van der Waals surface area contributed by atoms with Gasteiger partial charge in [-0.15, -0.1) is 0 Å². The average Bonchev–Trinajstić information content (AvgIpc) is 2.53. The van der Waals surface area contributed by atoms with Crippen LogP contribution in [0, 0.1) is 0 Å². The van der Waals surface area contributed by atoms with Gasteiger partial charge in [-0.1, -0.05) is 74.5 Å². The summed E-state index contributed by atoms with van der Waals surface area (Å²) in [6.45, 7) is 5.02. The second-order valence-corrected chi connectivity index (χ2v) is 10.1. The maximum atomic E-state index is 11.8. The van der Waals surface area contributed by atoms with E-state index in [0.717, 1.165) is 23.2 Å². The van der Waals surface area contributed by atoms with Crippen molar-refractivity contribution in [1.82, 2.24) is 0 Å². The fourth-order valence-corrected chi connectivity index (χ4v) is 6.82. The zero-order valence-electron chi connectivity index (χ0n) is 12.9. The van der Waals surface area contributed by atoms with E-state index >= 15 is 0 Å². The van der Waals surface area contributed by atoms with Crippen LogP contribution in [0.25, 0.3) is 0 Å². The van der Waals surface area contributed by atoms with E-state index in [-0.39, 0.29) is 5.04 Å². The summed E-state index contributed by atoms with van der Waals surface area (Å²) in [7, 11) is -2.82. The van der Waals surface area contributed by atoms with Gasteiger partial charge in [-0.2, -0.15) is 0 Å². The first kappa shape index (κ1) is 16.0. The van der Waals surface area contributed by atoms with E-state index in [0.29, 0.717) is 6.54 Å². The van der Waals surface area contributed by atoms with E-state index in [1.54, 1.807) is 0 Å². The lowest BCUT2D eigenvalue weighted by Gasteiger charge is -2.41. The van der Waals surface area contributed by atoms with Crippen molar-refractivity contribution in [3.8, 4) is 0 Å². The highest BCUT2D eigenvalue weighted by molar-refractivity contribution is 6.98. The molecule has 0 aliphatic heterocycles. The van der Waals surface area contributed by atoms with E-state index in [1.807, 2.05) is 36.4 Å². The van der Waals surface area contributed by atoms with Gasteiger partial charge < -0.3 is 10.5 Å². The van der Waals surface area contributed by atoms with Crippen LogP contribution in [0.15, 0.2) is 60.7 Å². The van der Waals surface area contributed by atoms with Gasteiger partial charge in [0.15, 0.2) is 0 Å². The van der Waals surface area contributed by atoms with E-state index in [2.05, 4.69) is 38.1 Å². The van der Waals surface area contributed by atoms with Crippen LogP contribution < -0.4 is 16.1 Å². The largest absolute Gasteiger partial charge is 0.424 e. The van der Waals surface area contributed by atoms with Gasteiger partial charge in [0.05, 0.1) is 0 Å². The van der Waals surface area contributed by atoms with Crippen molar-refractivity contribution in [3.63, 3.8) is 0 Å². The Morgan fingerprint density at radius 2 is 1.33 bits per heavy atom. The lowest BCUT2D eigenvalue weighted by Crippen LogP contribution is -2.65. The first-order valence-electron chi connectivity index (χ1n) is 7.56. The molecule has 0 heterocycles. The molecule has 2 aromatic carbocycles. The molecule has 0 fully saturated rings. The monoisotopic (exact) mass is 299 g/mol. The number of hydrogen-bond donors (Lipinski definition) is 2. The minimum atomic E-state index is -2.82. The molecule has 0 saturated heterocycles. The van der Waals surface area contributed by atoms with E-state index in [9.17, 15) is 4.80 Å². The molecule has 2 rings (SSSR count). The fraction of sp³-hybridized carbons (Fsp3) is 0.333. The van der Waals surface area contributed by atoms with Crippen LogP contribution in [-0.4, -0.2) is 19.7 Å². The Morgan fingerprint density at radius 1 is 0.905 bits per heavy atom. The topological polar surface area (TPSA) is 46.2 Å². The highest BCUT2D eigenvalue weighted by Crippen LogP contribution is 2.39. The Labute approximate surface area is 128 Å². The molecular formula is C18H25NOSi. The minimum absolute atomic E-state index is 0.172. The van der Waals surface area contributed by atoms with Crippen LogP contribution in [0.1, 0.15) is 26.7 Å². The third-order valence-electron chi connectivity index (χ3n) is 4.37. The highest BCUT2D eigenvalue weighted by atomic mass is 28.4. The Hall–Kier alpha value is -1.42. The zero-order valence-corrected chi connectivity index (χ0v) is 13.9. The molecule has 3 heteroatoms. The predicted octanol–water partition coefficient (Wildman–Crippen LogP) is 2.26. The molecule has 0 amide bonds. The molecule has 112 valence electrons. The number of benzene rings is 2. The van der Waals surface area contributed by atoms with Crippen LogP contribution >= 0.6 is 0 Å². The Morgan fingerprint density at radius 3 is 1.71 bits per heavy atom. The molecule has 2 nitrogen and oxygen atoms in total. The molecule has 0 bridgehead atoms. The molecule has 0 aliphatic carbocycles. The van der Waals surface area contributed by atoms with Crippen LogP contribution in [0.3, 0.4) is 0 Å². The van der Waals surface area contributed by atoms with Gasteiger partial charge in [-0.25, -0.2) is 0 Å². The second-order valence-electron chi connectivity index (χ2n) is 6.22. The van der Waals surface area contributed by atoms with Crippen molar-refractivity contribution in [2.45, 2.75) is 31.7 Å². The van der Waals surface area contributed by atoms with Crippen LogP contribution in [0.4, 0.5) is 0 Å². The Kier molecular flexibility index (Phi) is 4.98. The summed E-state index contributed by atoms with van der Waals surface area (Å²) in [6, 6.07) is 20.3. The maximum absolute atomic E-state index is 11.8. The third kappa shape index (κ3) is 3.10. The second kappa shape index (κ2) is 6.56. The Balaban J connectivity index is 2.55. The SMILES string of the molecule is CC(C)(CCCN)[Si](O)(c1ccccc1)c1ccccc1. The van der Waals surface area contributed by atoms with Gasteiger partial charge in [-0.3, -0.25) is 0 Å². The maximum Gasteiger partial charge on any atom is 0.258 e. The minimum Gasteiger partial charge on any atom is -0.424 e. The molecule has 0 atom stereocenters. The van der Waals surface area contributed by atoms with Crippen molar-refractivity contribution in [1.29, 1.82) is 0 Å². The average molecular weight is 299 g/mol. The van der Waals surface area contributed by atoms with Gasteiger partial charge in [0.1, 0.15) is 0 Å². The first-order chi connectivity index (χ1) is 10.0. The number of nitrogens with two attached hydrogens (primary N) is 1. The summed E-state index contributed by atoms with van der Waals surface area (Å²) in [5.41, 5.74) is 5.69. The van der Waals surface area contributed by atoms with Crippen molar-refractivity contribution < 1.29 is 4.80 Å². The third-order valence-corrected chi connectivity index (χ3v) is 8.92. The molecule has 0 spiro atoms. The summed E-state index contributed by atoms with van der Waals surface area (Å²) in [5.74, 6) is 0. The normalized spacial score (nSPS) is 12.4. The highest BCUT2D eigenvalue weighted by Gasteiger charge is 2.49. The summed E-state index contributed by atoms with van der Waals surface area (Å²) in [4.78, 5) is 11.8. The number of hydrogen-bond acceptors (Lipinski definition) is 2. The molecule has 0 saturated carbocycles. The summed E-state index contributed by atoms with van der Waals surface area (Å²) in [5, 5.41) is 1.96. The lowest BCUT2D eigenvalue weighted by atomic mass is 10.1. The van der Waals surface area contributed by atoms with Crippen LogP contribution in [0.2, 0.25) is 5.04 Å². The smallest absolute Gasteiger partial charge is 0.258 e. The molecule has 0 aromatic heterocycles. The first-order valence-corrected chi connectivity index (χ1v) is 9.50. The van der Waals surface area contributed by atoms with Crippen LogP contribution in [-0.2, 0) is 0 Å². The van der Waals surface area contributed by atoms with Gasteiger partial charge in [0, 0.05) is 0 Å². The van der Waals surface area contributed by atoms with E-state index in [4.69, 9.17) is 5.73 Å². The quantitative estimate of drug-likeness (QED) is 0.804. The van der Waals surface area contributed by atoms with Crippen LogP contribution in [0.5, 0.6) is 0 Å².